The third kappa shape index (κ3) is 5.12. The maximum absolute atomic E-state index is 15.5. The Morgan fingerprint density at radius 1 is 0.810 bits per heavy atom. The summed E-state index contributed by atoms with van der Waals surface area (Å²) in [6.07, 6.45) is 4.44. The normalized spacial score (nSPS) is 25.1. The molecule has 4 aliphatic rings. The minimum absolute atomic E-state index is 0.000989. The van der Waals surface area contributed by atoms with Crippen molar-refractivity contribution in [3.8, 4) is 17.2 Å². The van der Waals surface area contributed by atoms with E-state index in [-0.39, 0.29) is 30.4 Å². The van der Waals surface area contributed by atoms with Crippen LogP contribution in [0, 0.1) is 23.7 Å². The summed E-state index contributed by atoms with van der Waals surface area (Å²) < 4.78 is 5.96. The van der Waals surface area contributed by atoms with Crippen LogP contribution in [0.5, 0.6) is 5.75 Å². The lowest BCUT2D eigenvalue weighted by Gasteiger charge is -2.50. The summed E-state index contributed by atoms with van der Waals surface area (Å²) in [6, 6.07) is 35.8. The van der Waals surface area contributed by atoms with Crippen molar-refractivity contribution in [2.45, 2.75) is 30.6 Å². The molecular weight excluding hydrogens is 750 g/mol. The van der Waals surface area contributed by atoms with E-state index in [9.17, 15) is 14.7 Å². The minimum Gasteiger partial charge on any atom is -0.507 e. The van der Waals surface area contributed by atoms with Crippen LogP contribution in [0.25, 0.3) is 22.6 Å². The molecular formula is C48H36ClN3O6. The molecule has 2 aliphatic heterocycles. The van der Waals surface area contributed by atoms with Crippen LogP contribution in [0.3, 0.4) is 0 Å². The third-order valence-electron chi connectivity index (χ3n) is 12.7. The predicted molar refractivity (Wildman–Crippen MR) is 220 cm³/mol. The second-order valence-electron chi connectivity index (χ2n) is 15.5. The SMILES string of the molecule is C=CCc1cccc([C@H]2C3=CC[C@@H]4C(=O)N(c5ccc(-c6nc7ccccc7o6)cc5)C(=O)[C@@H]4[C@@H]3C[C@H]3C(=O)N(c4cccc(Cl)c4)C(=O)[C@@]23c2ccccc2)c1O. The molecule has 3 fully saturated rings. The fourth-order valence-electron chi connectivity index (χ4n) is 10.3. The van der Waals surface area contributed by atoms with Gasteiger partial charge in [-0.3, -0.25) is 24.1 Å². The van der Waals surface area contributed by atoms with Gasteiger partial charge in [-0.05, 0) is 90.9 Å². The standard InChI is InChI=1S/C48H36ClN3O6/c1-2-10-27-11-8-16-35(42(27)53)41-33-23-24-34-40(46(56)51(44(34)54)31-21-19-28(20-22-31)43-50-38-17-6-7-18-39(38)58-43)36(33)26-37-45(55)52(32-15-9-14-30(49)25-32)47(57)48(37,41)29-12-4-3-5-13-29/h2-9,11-23,25,34,36-37,40-41,53H,1,10,24,26H2/t34-,36+,37-,40-,41+,48+/m0/s1. The van der Waals surface area contributed by atoms with Crippen LogP contribution >= 0.6 is 11.6 Å². The second kappa shape index (κ2) is 13.5. The Hall–Kier alpha value is -6.58. The summed E-state index contributed by atoms with van der Waals surface area (Å²) in [5.41, 5.74) is 3.79. The summed E-state index contributed by atoms with van der Waals surface area (Å²) in [5, 5.41) is 12.5. The summed E-state index contributed by atoms with van der Waals surface area (Å²) in [5.74, 6) is -5.02. The van der Waals surface area contributed by atoms with Crippen LogP contribution in [-0.2, 0) is 31.0 Å². The number of nitrogens with zero attached hydrogens (tertiary/aromatic N) is 3. The molecule has 2 aliphatic carbocycles. The number of amides is 4. The van der Waals surface area contributed by atoms with Gasteiger partial charge in [0, 0.05) is 22.1 Å². The third-order valence-corrected chi connectivity index (χ3v) is 12.9. The molecule has 0 unspecified atom stereocenters. The fourth-order valence-corrected chi connectivity index (χ4v) is 10.4. The Balaban J connectivity index is 1.11. The van der Waals surface area contributed by atoms with E-state index < -0.39 is 46.8 Å². The number of carbonyl (C=O) groups is 4. The number of imide groups is 2. The van der Waals surface area contributed by atoms with Crippen LogP contribution in [0.2, 0.25) is 5.02 Å². The molecule has 9 nitrogen and oxygen atoms in total. The lowest BCUT2D eigenvalue weighted by Crippen LogP contribution is -2.53. The maximum atomic E-state index is 15.5. The van der Waals surface area contributed by atoms with E-state index >= 15 is 9.59 Å². The first kappa shape index (κ1) is 35.8. The first-order valence-corrected chi connectivity index (χ1v) is 19.7. The number of halogens is 1. The number of rotatable bonds is 7. The molecule has 1 N–H and O–H groups in total. The molecule has 5 aromatic carbocycles. The number of carbonyl (C=O) groups excluding carboxylic acids is 4. The average Bonchev–Trinajstić information content (AvgIpc) is 3.86. The van der Waals surface area contributed by atoms with E-state index in [1.165, 1.54) is 9.80 Å². The first-order chi connectivity index (χ1) is 28.2. The molecule has 0 radical (unpaired) electrons. The van der Waals surface area contributed by atoms with Crippen molar-refractivity contribution in [1.29, 1.82) is 0 Å². The molecule has 6 aromatic rings. The van der Waals surface area contributed by atoms with Gasteiger partial charge in [0.15, 0.2) is 5.58 Å². The molecule has 286 valence electrons. The van der Waals surface area contributed by atoms with Gasteiger partial charge in [-0.1, -0.05) is 96.1 Å². The van der Waals surface area contributed by atoms with Crippen molar-refractivity contribution in [2.75, 3.05) is 9.80 Å². The number of fused-ring (bicyclic) bond motifs is 5. The summed E-state index contributed by atoms with van der Waals surface area (Å²) in [6.45, 7) is 3.88. The van der Waals surface area contributed by atoms with E-state index in [0.717, 1.165) is 11.1 Å². The number of phenolic OH excluding ortho intramolecular Hbond substituents is 1. The lowest BCUT2D eigenvalue weighted by atomic mass is 9.49. The number of benzene rings is 5. The van der Waals surface area contributed by atoms with Gasteiger partial charge >= 0.3 is 0 Å². The van der Waals surface area contributed by atoms with Gasteiger partial charge in [0.2, 0.25) is 29.5 Å². The van der Waals surface area contributed by atoms with Gasteiger partial charge in [0.1, 0.15) is 11.3 Å². The number of anilines is 2. The molecule has 58 heavy (non-hydrogen) atoms. The van der Waals surface area contributed by atoms with Gasteiger partial charge < -0.3 is 9.52 Å². The van der Waals surface area contributed by atoms with Crippen LogP contribution < -0.4 is 9.80 Å². The minimum atomic E-state index is -1.51. The molecule has 1 saturated carbocycles. The number of para-hydroxylation sites is 3. The smallest absolute Gasteiger partial charge is 0.246 e. The van der Waals surface area contributed by atoms with Crippen molar-refractivity contribution in [3.05, 3.63) is 167 Å². The molecule has 1 aromatic heterocycles. The lowest BCUT2D eigenvalue weighted by molar-refractivity contribution is -0.127. The Morgan fingerprint density at radius 2 is 1.57 bits per heavy atom. The highest BCUT2D eigenvalue weighted by molar-refractivity contribution is 6.32. The molecule has 10 rings (SSSR count). The van der Waals surface area contributed by atoms with E-state index in [1.807, 2.05) is 72.8 Å². The highest BCUT2D eigenvalue weighted by atomic mass is 35.5. The van der Waals surface area contributed by atoms with Crippen molar-refractivity contribution in [2.24, 2.45) is 23.7 Å². The largest absolute Gasteiger partial charge is 0.507 e. The summed E-state index contributed by atoms with van der Waals surface area (Å²) >= 11 is 6.45. The second-order valence-corrected chi connectivity index (χ2v) is 15.9. The zero-order valence-electron chi connectivity index (χ0n) is 31.1. The molecule has 3 heterocycles. The Morgan fingerprint density at radius 3 is 2.33 bits per heavy atom. The van der Waals surface area contributed by atoms with Crippen LogP contribution in [0.4, 0.5) is 11.4 Å². The molecule has 2 saturated heterocycles. The first-order valence-electron chi connectivity index (χ1n) is 19.4. The predicted octanol–water partition coefficient (Wildman–Crippen LogP) is 8.95. The highest BCUT2D eigenvalue weighted by Crippen LogP contribution is 2.65. The number of aromatic hydroxyl groups is 1. The van der Waals surface area contributed by atoms with E-state index in [1.54, 1.807) is 60.7 Å². The summed E-state index contributed by atoms with van der Waals surface area (Å²) in [4.78, 5) is 66.9. The van der Waals surface area contributed by atoms with Gasteiger partial charge in [0.25, 0.3) is 0 Å². The number of hydrogen-bond acceptors (Lipinski definition) is 7. The van der Waals surface area contributed by atoms with Gasteiger partial charge in [0.05, 0.1) is 34.5 Å². The van der Waals surface area contributed by atoms with Gasteiger partial charge in [-0.15, -0.1) is 6.58 Å². The summed E-state index contributed by atoms with van der Waals surface area (Å²) in [7, 11) is 0. The topological polar surface area (TPSA) is 121 Å². The molecule has 6 atom stereocenters. The Kier molecular flexibility index (Phi) is 8.35. The molecule has 4 amide bonds. The zero-order valence-corrected chi connectivity index (χ0v) is 31.9. The van der Waals surface area contributed by atoms with E-state index in [4.69, 9.17) is 16.0 Å². The molecule has 0 spiro atoms. The number of aromatic nitrogens is 1. The number of phenols is 1. The van der Waals surface area contributed by atoms with Crippen molar-refractivity contribution in [3.63, 3.8) is 0 Å². The van der Waals surface area contributed by atoms with Crippen LogP contribution in [-0.4, -0.2) is 33.7 Å². The van der Waals surface area contributed by atoms with E-state index in [0.29, 0.717) is 56.5 Å². The van der Waals surface area contributed by atoms with Gasteiger partial charge in [-0.2, -0.15) is 0 Å². The van der Waals surface area contributed by atoms with Crippen LogP contribution in [0.15, 0.2) is 150 Å². The zero-order chi connectivity index (χ0) is 39.9. The Labute approximate surface area is 338 Å². The van der Waals surface area contributed by atoms with E-state index in [2.05, 4.69) is 11.6 Å². The molecule has 10 heteroatoms. The number of oxazole rings is 1. The monoisotopic (exact) mass is 785 g/mol. The fraction of sp³-hybridized carbons (Fsp3) is 0.188. The number of allylic oxidation sites excluding steroid dienone is 3. The maximum Gasteiger partial charge on any atom is 0.246 e. The number of hydrogen-bond donors (Lipinski definition) is 1. The quantitative estimate of drug-likeness (QED) is 0.127. The van der Waals surface area contributed by atoms with Crippen molar-refractivity contribution < 1.29 is 28.7 Å². The average molecular weight is 786 g/mol. The van der Waals surface area contributed by atoms with Crippen LogP contribution in [0.1, 0.15) is 35.4 Å². The van der Waals surface area contributed by atoms with Crippen molar-refractivity contribution in [1.82, 2.24) is 4.98 Å². The Bertz CT molecular complexity index is 2710. The molecule has 0 bridgehead atoms. The van der Waals surface area contributed by atoms with Crippen molar-refractivity contribution >= 4 is 57.7 Å². The highest BCUT2D eigenvalue weighted by Gasteiger charge is 2.70. The van der Waals surface area contributed by atoms with Gasteiger partial charge in [-0.25, -0.2) is 9.88 Å².